The lowest BCUT2D eigenvalue weighted by atomic mass is 10.1. The monoisotopic (exact) mass is 185 g/mol. The van der Waals surface area contributed by atoms with E-state index in [0.29, 0.717) is 11.4 Å². The molecule has 0 radical (unpaired) electrons. The van der Waals surface area contributed by atoms with Gasteiger partial charge >= 0.3 is 0 Å². The summed E-state index contributed by atoms with van der Waals surface area (Å²) in [4.78, 5) is 7.90. The Morgan fingerprint density at radius 3 is 3.00 bits per heavy atom. The molecule has 0 aliphatic rings. The minimum absolute atomic E-state index is 0.519. The van der Waals surface area contributed by atoms with Crippen LogP contribution in [0.5, 0.6) is 0 Å². The first-order valence-electron chi connectivity index (χ1n) is 4.03. The Balaban J connectivity index is 2.66. The molecule has 0 N–H and O–H groups in total. The van der Waals surface area contributed by atoms with Gasteiger partial charge in [0.15, 0.2) is 5.82 Å². The first-order valence-corrected chi connectivity index (χ1v) is 4.03. The fourth-order valence-corrected chi connectivity index (χ4v) is 1.17. The average molecular weight is 185 g/mol. The zero-order valence-electron chi connectivity index (χ0n) is 7.55. The normalized spacial score (nSPS) is 9.71. The Labute approximate surface area is 80.7 Å². The molecule has 2 aromatic heterocycles. The van der Waals surface area contributed by atoms with E-state index in [-0.39, 0.29) is 0 Å². The van der Waals surface area contributed by atoms with Crippen LogP contribution in [0.1, 0.15) is 11.1 Å². The summed E-state index contributed by atoms with van der Waals surface area (Å²) in [6, 6.07) is 3.89. The van der Waals surface area contributed by atoms with Crippen LogP contribution in [0.25, 0.3) is 5.82 Å². The van der Waals surface area contributed by atoms with Crippen molar-refractivity contribution in [3.8, 4) is 11.9 Å². The Hall–Kier alpha value is -2.22. The predicted octanol–water partition coefficient (Wildman–Crippen LogP) is 0.842. The fraction of sp³-hybridized carbons (Fsp3) is 0.111. The van der Waals surface area contributed by atoms with Crippen LogP contribution in [0.4, 0.5) is 0 Å². The molecular formula is C9H7N5. The van der Waals surface area contributed by atoms with E-state index < -0.39 is 0 Å². The smallest absolute Gasteiger partial charge is 0.173 e. The Kier molecular flexibility index (Phi) is 1.95. The maximum atomic E-state index is 8.95. The highest BCUT2D eigenvalue weighted by Crippen LogP contribution is 2.12. The van der Waals surface area contributed by atoms with Crippen molar-refractivity contribution in [1.29, 1.82) is 5.26 Å². The van der Waals surface area contributed by atoms with E-state index in [2.05, 4.69) is 21.1 Å². The standard InChI is InChI=1S/C9H7N5/c1-7-2-3-12-9(8(7)4-10)14-6-11-5-13-14/h2-3,5-6H,1H3. The Morgan fingerprint density at radius 1 is 1.50 bits per heavy atom. The number of nitriles is 1. The summed E-state index contributed by atoms with van der Waals surface area (Å²) in [5.74, 6) is 0.519. The van der Waals surface area contributed by atoms with Crippen molar-refractivity contribution in [2.75, 3.05) is 0 Å². The zero-order chi connectivity index (χ0) is 9.97. The van der Waals surface area contributed by atoms with Gasteiger partial charge < -0.3 is 0 Å². The summed E-state index contributed by atoms with van der Waals surface area (Å²) in [5, 5.41) is 12.9. The van der Waals surface area contributed by atoms with Gasteiger partial charge in [0, 0.05) is 6.20 Å². The molecule has 0 bridgehead atoms. The third-order valence-corrected chi connectivity index (χ3v) is 1.89. The third-order valence-electron chi connectivity index (χ3n) is 1.89. The van der Waals surface area contributed by atoms with Gasteiger partial charge in [-0.2, -0.15) is 10.4 Å². The highest BCUT2D eigenvalue weighted by molar-refractivity contribution is 5.47. The van der Waals surface area contributed by atoms with Gasteiger partial charge in [0.25, 0.3) is 0 Å². The largest absolute Gasteiger partial charge is 0.236 e. The zero-order valence-corrected chi connectivity index (χ0v) is 7.55. The van der Waals surface area contributed by atoms with Gasteiger partial charge in [-0.1, -0.05) is 0 Å². The summed E-state index contributed by atoms with van der Waals surface area (Å²) in [6.45, 7) is 1.86. The Bertz CT molecular complexity index is 480. The highest BCUT2D eigenvalue weighted by Gasteiger charge is 2.08. The van der Waals surface area contributed by atoms with Crippen LogP contribution in [0.3, 0.4) is 0 Å². The lowest BCUT2D eigenvalue weighted by Gasteiger charge is -2.03. The summed E-state index contributed by atoms with van der Waals surface area (Å²) in [5.41, 5.74) is 1.41. The number of aryl methyl sites for hydroxylation is 1. The second-order valence-corrected chi connectivity index (χ2v) is 2.78. The average Bonchev–Trinajstić information content (AvgIpc) is 2.70. The molecule has 2 aromatic rings. The molecule has 2 heterocycles. The quantitative estimate of drug-likeness (QED) is 0.660. The van der Waals surface area contributed by atoms with Crippen LogP contribution in [-0.4, -0.2) is 19.7 Å². The highest BCUT2D eigenvalue weighted by atomic mass is 15.3. The van der Waals surface area contributed by atoms with Crippen LogP contribution >= 0.6 is 0 Å². The maximum Gasteiger partial charge on any atom is 0.173 e. The number of nitrogens with zero attached hydrogens (tertiary/aromatic N) is 5. The maximum absolute atomic E-state index is 8.95. The molecule has 0 saturated carbocycles. The minimum atomic E-state index is 0.519. The Morgan fingerprint density at radius 2 is 2.36 bits per heavy atom. The molecule has 2 rings (SSSR count). The second-order valence-electron chi connectivity index (χ2n) is 2.78. The van der Waals surface area contributed by atoms with Gasteiger partial charge in [-0.05, 0) is 18.6 Å². The molecule has 0 saturated heterocycles. The van der Waals surface area contributed by atoms with E-state index in [9.17, 15) is 0 Å². The van der Waals surface area contributed by atoms with E-state index in [4.69, 9.17) is 5.26 Å². The third kappa shape index (κ3) is 1.23. The molecule has 0 spiro atoms. The SMILES string of the molecule is Cc1ccnc(-n2cncn2)c1C#N. The van der Waals surface area contributed by atoms with Crippen molar-refractivity contribution in [1.82, 2.24) is 19.7 Å². The van der Waals surface area contributed by atoms with Gasteiger partial charge in [-0.3, -0.25) is 0 Å². The van der Waals surface area contributed by atoms with E-state index >= 15 is 0 Å². The molecule has 68 valence electrons. The molecule has 0 atom stereocenters. The lowest BCUT2D eigenvalue weighted by molar-refractivity contribution is 0.839. The summed E-state index contributed by atoms with van der Waals surface area (Å²) >= 11 is 0. The van der Waals surface area contributed by atoms with Crippen LogP contribution in [0.2, 0.25) is 0 Å². The summed E-state index contributed by atoms with van der Waals surface area (Å²) in [7, 11) is 0. The van der Waals surface area contributed by atoms with Gasteiger partial charge in [0.05, 0.1) is 5.56 Å². The number of hydrogen-bond acceptors (Lipinski definition) is 4. The molecule has 14 heavy (non-hydrogen) atoms. The van der Waals surface area contributed by atoms with E-state index in [1.54, 1.807) is 12.3 Å². The fourth-order valence-electron chi connectivity index (χ4n) is 1.17. The summed E-state index contributed by atoms with van der Waals surface area (Å²) in [6.07, 6.45) is 4.57. The van der Waals surface area contributed by atoms with Crippen LogP contribution in [0, 0.1) is 18.3 Å². The van der Waals surface area contributed by atoms with Crippen LogP contribution in [-0.2, 0) is 0 Å². The van der Waals surface area contributed by atoms with Crippen molar-refractivity contribution in [3.05, 3.63) is 36.0 Å². The van der Waals surface area contributed by atoms with Gasteiger partial charge in [-0.15, -0.1) is 0 Å². The number of pyridine rings is 1. The van der Waals surface area contributed by atoms with Gasteiger partial charge in [-0.25, -0.2) is 14.6 Å². The number of rotatable bonds is 1. The molecule has 0 unspecified atom stereocenters. The van der Waals surface area contributed by atoms with Crippen LogP contribution in [0.15, 0.2) is 24.9 Å². The molecule has 5 nitrogen and oxygen atoms in total. The van der Waals surface area contributed by atoms with Crippen molar-refractivity contribution >= 4 is 0 Å². The molecule has 0 aliphatic carbocycles. The van der Waals surface area contributed by atoms with Gasteiger partial charge in [0.2, 0.25) is 0 Å². The second kappa shape index (κ2) is 3.26. The minimum Gasteiger partial charge on any atom is -0.236 e. The number of aromatic nitrogens is 4. The summed E-state index contributed by atoms with van der Waals surface area (Å²) < 4.78 is 1.48. The molecule has 0 amide bonds. The molecule has 0 aromatic carbocycles. The van der Waals surface area contributed by atoms with Crippen molar-refractivity contribution in [3.63, 3.8) is 0 Å². The van der Waals surface area contributed by atoms with Crippen LogP contribution < -0.4 is 0 Å². The van der Waals surface area contributed by atoms with Crippen molar-refractivity contribution < 1.29 is 0 Å². The van der Waals surface area contributed by atoms with Crippen molar-refractivity contribution in [2.45, 2.75) is 6.92 Å². The first-order chi connectivity index (χ1) is 6.83. The topological polar surface area (TPSA) is 67.4 Å². The molecular weight excluding hydrogens is 178 g/mol. The molecule has 0 fully saturated rings. The van der Waals surface area contributed by atoms with Gasteiger partial charge in [0.1, 0.15) is 18.7 Å². The number of hydrogen-bond donors (Lipinski definition) is 0. The molecule has 5 heteroatoms. The molecule has 0 aliphatic heterocycles. The van der Waals surface area contributed by atoms with Crippen molar-refractivity contribution in [2.24, 2.45) is 0 Å². The lowest BCUT2D eigenvalue weighted by Crippen LogP contribution is -2.02. The van der Waals surface area contributed by atoms with E-state index in [1.165, 1.54) is 17.3 Å². The van der Waals surface area contributed by atoms with E-state index in [0.717, 1.165) is 5.56 Å². The first kappa shape index (κ1) is 8.38. The predicted molar refractivity (Wildman–Crippen MR) is 48.6 cm³/mol. The van der Waals surface area contributed by atoms with E-state index in [1.807, 2.05) is 6.92 Å².